The molecule has 3 heterocycles. The first-order valence-electron chi connectivity index (χ1n) is 23.1. The molecular formula is C63H60Ir3N3-3. The summed E-state index contributed by atoms with van der Waals surface area (Å²) in [5, 5.41) is 0. The van der Waals surface area contributed by atoms with Gasteiger partial charge in [0.15, 0.2) is 0 Å². The van der Waals surface area contributed by atoms with Gasteiger partial charge in [0.25, 0.3) is 0 Å². The molecule has 0 N–H and O–H groups in total. The van der Waals surface area contributed by atoms with Gasteiger partial charge in [-0.05, 0) is 107 Å². The van der Waals surface area contributed by atoms with Crippen molar-refractivity contribution >= 4 is 0 Å². The first kappa shape index (κ1) is 56.3. The molecule has 0 saturated carbocycles. The van der Waals surface area contributed by atoms with Crippen LogP contribution in [0.15, 0.2) is 188 Å². The molecule has 0 atom stereocenters. The van der Waals surface area contributed by atoms with E-state index in [1.165, 1.54) is 61.2 Å². The Hall–Kier alpha value is -5.28. The molecule has 9 rings (SSSR count). The van der Waals surface area contributed by atoms with E-state index in [-0.39, 0.29) is 60.3 Å². The third kappa shape index (κ3) is 16.4. The molecule has 0 aliphatic carbocycles. The second kappa shape index (κ2) is 27.8. The van der Waals surface area contributed by atoms with Crippen molar-refractivity contribution in [2.24, 2.45) is 5.92 Å². The zero-order chi connectivity index (χ0) is 46.4. The van der Waals surface area contributed by atoms with Crippen LogP contribution in [0.3, 0.4) is 0 Å². The molecule has 3 nitrogen and oxygen atoms in total. The predicted molar refractivity (Wildman–Crippen MR) is 278 cm³/mol. The van der Waals surface area contributed by atoms with Crippen LogP contribution in [-0.4, -0.2) is 15.0 Å². The molecule has 6 heteroatoms. The van der Waals surface area contributed by atoms with E-state index in [4.69, 9.17) is 0 Å². The standard InChI is InChI=1S/C23H24N.C21H20N.C19H16N.3Ir/c1-16(2)20-13-21(17(3)4)15-22(14-20)18-8-7-9-19(12-18)23-10-5-6-11-24-23;1-16(2)13-17-7-5-8-18(14-17)19-9-6-10-20(15-19)21-11-3-4-12-22-21;1-14-10-15(2)12-18(11-14)16-6-5-7-17(13-16)19-8-3-4-9-20-19;;;/h5-8,10-17H,1-4H3;3-9,11-12,14-16H,13H2,1-2H3;3-6,8-13H,1-2H3;;;/q3*-1;;;. The number of pyridine rings is 3. The number of rotatable bonds is 10. The molecule has 357 valence electrons. The molecule has 0 spiro atoms. The van der Waals surface area contributed by atoms with Gasteiger partial charge in [-0.2, -0.15) is 0 Å². The number of nitrogens with zero attached hydrogens (tertiary/aromatic N) is 3. The summed E-state index contributed by atoms with van der Waals surface area (Å²) in [6, 6.07) is 68.9. The summed E-state index contributed by atoms with van der Waals surface area (Å²) in [6.07, 6.45) is 6.57. The smallest absolute Gasteiger partial charge is 0.0160 e. The van der Waals surface area contributed by atoms with Crippen LogP contribution in [0.5, 0.6) is 0 Å². The van der Waals surface area contributed by atoms with E-state index >= 15 is 0 Å². The second-order valence-electron chi connectivity index (χ2n) is 18.0. The van der Waals surface area contributed by atoms with E-state index in [2.05, 4.69) is 186 Å². The SMILES string of the molecule is CC(C)Cc1cccc(-c2cc[c-]c(-c3ccccn3)c2)c1.CC(C)c1cc(-c2cc[c-]c(-c3ccccn3)c2)cc(C(C)C)c1.Cc1cc(C)cc(-c2cc[c-]c(-c3ccccn3)c2)c1.[Ir].[Ir].[Ir]. The average molecular weight is 1440 g/mol. The van der Waals surface area contributed by atoms with Gasteiger partial charge in [0.2, 0.25) is 0 Å². The van der Waals surface area contributed by atoms with Crippen LogP contribution in [0, 0.1) is 38.0 Å². The largest absolute Gasteiger partial charge is 0.305 e. The summed E-state index contributed by atoms with van der Waals surface area (Å²) in [5.74, 6) is 1.71. The minimum atomic E-state index is 0. The van der Waals surface area contributed by atoms with Crippen LogP contribution in [-0.2, 0) is 66.7 Å². The van der Waals surface area contributed by atoms with Gasteiger partial charge in [-0.1, -0.05) is 150 Å². The molecule has 0 aliphatic rings. The van der Waals surface area contributed by atoms with Gasteiger partial charge >= 0.3 is 0 Å². The van der Waals surface area contributed by atoms with Crippen LogP contribution >= 0.6 is 0 Å². The Morgan fingerprint density at radius 1 is 0.377 bits per heavy atom. The van der Waals surface area contributed by atoms with Crippen molar-refractivity contribution in [3.63, 3.8) is 0 Å². The van der Waals surface area contributed by atoms with Crippen LogP contribution in [0.25, 0.3) is 67.2 Å². The molecular weight excluding hydrogens is 1380 g/mol. The molecule has 9 aromatic rings. The summed E-state index contributed by atoms with van der Waals surface area (Å²) < 4.78 is 0. The zero-order valence-corrected chi connectivity index (χ0v) is 47.9. The maximum Gasteiger partial charge on any atom is 0.0160 e. The summed E-state index contributed by atoms with van der Waals surface area (Å²) >= 11 is 0. The number of aryl methyl sites for hydroxylation is 2. The molecule has 3 radical (unpaired) electrons. The van der Waals surface area contributed by atoms with Crippen molar-refractivity contribution in [3.8, 4) is 67.2 Å². The van der Waals surface area contributed by atoms with Crippen LogP contribution < -0.4 is 0 Å². The van der Waals surface area contributed by atoms with Gasteiger partial charge in [-0.15, -0.1) is 106 Å². The van der Waals surface area contributed by atoms with Crippen molar-refractivity contribution in [3.05, 3.63) is 234 Å². The zero-order valence-electron chi connectivity index (χ0n) is 40.7. The van der Waals surface area contributed by atoms with Gasteiger partial charge in [-0.3, -0.25) is 0 Å². The van der Waals surface area contributed by atoms with E-state index in [0.29, 0.717) is 17.8 Å². The Labute approximate surface area is 452 Å². The summed E-state index contributed by atoms with van der Waals surface area (Å²) in [7, 11) is 0. The number of aromatic nitrogens is 3. The Bertz CT molecular complexity index is 2900. The fourth-order valence-electron chi connectivity index (χ4n) is 7.95. The van der Waals surface area contributed by atoms with Crippen LogP contribution in [0.1, 0.15) is 81.2 Å². The molecule has 0 fully saturated rings. The molecule has 0 bridgehead atoms. The van der Waals surface area contributed by atoms with Gasteiger partial charge < -0.3 is 15.0 Å². The minimum Gasteiger partial charge on any atom is -0.305 e. The molecule has 3 aromatic heterocycles. The monoisotopic (exact) mass is 1440 g/mol. The molecule has 0 saturated heterocycles. The quantitative estimate of drug-likeness (QED) is 0.128. The van der Waals surface area contributed by atoms with Crippen LogP contribution in [0.2, 0.25) is 0 Å². The summed E-state index contributed by atoms with van der Waals surface area (Å²) in [4.78, 5) is 13.2. The number of hydrogen-bond acceptors (Lipinski definition) is 3. The van der Waals surface area contributed by atoms with Crippen LogP contribution in [0.4, 0.5) is 0 Å². The molecule has 69 heavy (non-hydrogen) atoms. The topological polar surface area (TPSA) is 38.7 Å². The first-order chi connectivity index (χ1) is 32.0. The van der Waals surface area contributed by atoms with Gasteiger partial charge in [-0.25, -0.2) is 0 Å². The third-order valence-corrected chi connectivity index (χ3v) is 11.3. The predicted octanol–water partition coefficient (Wildman–Crippen LogP) is 16.7. The van der Waals surface area contributed by atoms with Gasteiger partial charge in [0.05, 0.1) is 0 Å². The normalized spacial score (nSPS) is 10.4. The van der Waals surface area contributed by atoms with Crippen molar-refractivity contribution < 1.29 is 60.3 Å². The van der Waals surface area contributed by atoms with Crippen molar-refractivity contribution in [1.82, 2.24) is 15.0 Å². The van der Waals surface area contributed by atoms with E-state index in [9.17, 15) is 0 Å². The molecule has 0 amide bonds. The van der Waals surface area contributed by atoms with Gasteiger partial charge in [0.1, 0.15) is 0 Å². The third-order valence-electron chi connectivity index (χ3n) is 11.3. The minimum absolute atomic E-state index is 0. The van der Waals surface area contributed by atoms with Crippen molar-refractivity contribution in [2.75, 3.05) is 0 Å². The van der Waals surface area contributed by atoms with Crippen molar-refractivity contribution in [2.45, 2.75) is 73.6 Å². The first-order valence-corrected chi connectivity index (χ1v) is 23.1. The Balaban J connectivity index is 0.000000221. The number of benzene rings is 6. The maximum absolute atomic E-state index is 4.44. The van der Waals surface area contributed by atoms with E-state index in [1.54, 1.807) is 0 Å². The number of hydrogen-bond donors (Lipinski definition) is 0. The van der Waals surface area contributed by atoms with E-state index < -0.39 is 0 Å². The Kier molecular flexibility index (Phi) is 22.7. The second-order valence-corrected chi connectivity index (χ2v) is 18.0. The maximum atomic E-state index is 4.44. The van der Waals surface area contributed by atoms with Gasteiger partial charge in [0, 0.05) is 78.9 Å². The van der Waals surface area contributed by atoms with E-state index in [1.807, 2.05) is 91.4 Å². The Morgan fingerprint density at radius 3 is 1.14 bits per heavy atom. The fourth-order valence-corrected chi connectivity index (χ4v) is 7.95. The Morgan fingerprint density at radius 2 is 0.768 bits per heavy atom. The van der Waals surface area contributed by atoms with E-state index in [0.717, 1.165) is 40.2 Å². The molecule has 0 unspecified atom stereocenters. The summed E-state index contributed by atoms with van der Waals surface area (Å²) in [5.41, 5.74) is 20.1. The summed E-state index contributed by atoms with van der Waals surface area (Å²) in [6.45, 7) is 17.8. The molecule has 6 aromatic carbocycles. The van der Waals surface area contributed by atoms with Crippen molar-refractivity contribution in [1.29, 1.82) is 0 Å². The average Bonchev–Trinajstić information content (AvgIpc) is 3.35. The molecule has 0 aliphatic heterocycles. The fraction of sp³-hybridized carbons (Fsp3) is 0.190.